The molecule has 0 aliphatic carbocycles. The first-order valence-electron chi connectivity index (χ1n) is 8.03. The number of aryl methyl sites for hydroxylation is 2. The number of hydrogen-bond acceptors (Lipinski definition) is 4. The Morgan fingerprint density at radius 1 is 1.12 bits per heavy atom. The summed E-state index contributed by atoms with van der Waals surface area (Å²) in [5.74, 6) is -4.71. The molecule has 0 bridgehead atoms. The van der Waals surface area contributed by atoms with Crippen LogP contribution in [0.5, 0.6) is 0 Å². The third kappa shape index (κ3) is 5.50. The highest BCUT2D eigenvalue weighted by molar-refractivity contribution is 5.69. The minimum Gasteiger partial charge on any atom is -0.459 e. The summed E-state index contributed by atoms with van der Waals surface area (Å²) in [6.07, 6.45) is 0.549. The van der Waals surface area contributed by atoms with E-state index in [9.17, 15) is 22.4 Å². The molecule has 1 heterocycles. The lowest BCUT2D eigenvalue weighted by Gasteiger charge is -2.14. The fourth-order valence-electron chi connectivity index (χ4n) is 2.07. The van der Waals surface area contributed by atoms with Gasteiger partial charge in [-0.1, -0.05) is 31.2 Å². The minimum atomic E-state index is -4.33. The van der Waals surface area contributed by atoms with Gasteiger partial charge in [0.1, 0.15) is 0 Å². The molecule has 1 aromatic carbocycles. The molecule has 0 aliphatic heterocycles. The molecular formula is C18H18F4N2O2. The van der Waals surface area contributed by atoms with Crippen LogP contribution in [0.25, 0.3) is 11.4 Å². The summed E-state index contributed by atoms with van der Waals surface area (Å²) in [7, 11) is 0. The van der Waals surface area contributed by atoms with Crippen molar-refractivity contribution in [3.8, 4) is 11.4 Å². The SMILES string of the molecule is CCc1cnc(-c2ccc(CCC(=O)OCC(F)(F)C(F)F)cc2)nc1. The van der Waals surface area contributed by atoms with Gasteiger partial charge in [-0.2, -0.15) is 8.78 Å². The van der Waals surface area contributed by atoms with Crippen LogP contribution in [-0.4, -0.2) is 34.9 Å². The number of carbonyl (C=O) groups excluding carboxylic acids is 1. The predicted molar refractivity (Wildman–Crippen MR) is 87.1 cm³/mol. The topological polar surface area (TPSA) is 52.1 Å². The Morgan fingerprint density at radius 3 is 2.27 bits per heavy atom. The maximum atomic E-state index is 12.7. The first kappa shape index (κ1) is 19.8. The molecule has 0 unspecified atom stereocenters. The fraction of sp³-hybridized carbons (Fsp3) is 0.389. The van der Waals surface area contributed by atoms with Gasteiger partial charge in [0.25, 0.3) is 0 Å². The maximum Gasteiger partial charge on any atom is 0.340 e. The predicted octanol–water partition coefficient (Wildman–Crippen LogP) is 4.08. The van der Waals surface area contributed by atoms with E-state index in [0.29, 0.717) is 5.82 Å². The van der Waals surface area contributed by atoms with Crippen LogP contribution < -0.4 is 0 Å². The summed E-state index contributed by atoms with van der Waals surface area (Å²) in [6, 6.07) is 7.08. The number of esters is 1. The van der Waals surface area contributed by atoms with Gasteiger partial charge < -0.3 is 4.74 Å². The second kappa shape index (κ2) is 8.73. The molecular weight excluding hydrogens is 352 g/mol. The Labute approximate surface area is 148 Å². The summed E-state index contributed by atoms with van der Waals surface area (Å²) in [6.45, 7) is 0.389. The molecule has 4 nitrogen and oxygen atoms in total. The van der Waals surface area contributed by atoms with E-state index < -0.39 is 24.9 Å². The molecule has 0 radical (unpaired) electrons. The van der Waals surface area contributed by atoms with Gasteiger partial charge in [0.05, 0.1) is 0 Å². The van der Waals surface area contributed by atoms with Crippen LogP contribution in [0.4, 0.5) is 17.6 Å². The van der Waals surface area contributed by atoms with Crippen LogP contribution in [0.15, 0.2) is 36.7 Å². The number of halogens is 4. The Kier molecular flexibility index (Phi) is 6.65. The number of ether oxygens (including phenoxy) is 1. The molecule has 140 valence electrons. The van der Waals surface area contributed by atoms with Gasteiger partial charge in [0.2, 0.25) is 0 Å². The second-order valence-electron chi connectivity index (χ2n) is 5.69. The molecule has 1 aromatic heterocycles. The zero-order chi connectivity index (χ0) is 19.2. The third-order valence-electron chi connectivity index (χ3n) is 3.69. The molecule has 0 saturated heterocycles. The van der Waals surface area contributed by atoms with Gasteiger partial charge in [-0.3, -0.25) is 4.79 Å². The smallest absolute Gasteiger partial charge is 0.340 e. The molecule has 0 atom stereocenters. The normalized spacial score (nSPS) is 11.6. The molecule has 0 aliphatic rings. The lowest BCUT2D eigenvalue weighted by Crippen LogP contribution is -2.33. The molecule has 2 aromatic rings. The largest absolute Gasteiger partial charge is 0.459 e. The maximum absolute atomic E-state index is 12.7. The van der Waals surface area contributed by atoms with Crippen molar-refractivity contribution < 1.29 is 27.1 Å². The van der Waals surface area contributed by atoms with Crippen LogP contribution >= 0.6 is 0 Å². The van der Waals surface area contributed by atoms with E-state index in [1.807, 2.05) is 6.92 Å². The van der Waals surface area contributed by atoms with E-state index in [-0.39, 0.29) is 12.8 Å². The van der Waals surface area contributed by atoms with Gasteiger partial charge in [0.15, 0.2) is 12.4 Å². The molecule has 26 heavy (non-hydrogen) atoms. The highest BCUT2D eigenvalue weighted by Gasteiger charge is 2.42. The fourth-order valence-corrected chi connectivity index (χ4v) is 2.07. The molecule has 0 N–H and O–H groups in total. The number of hydrogen-bond donors (Lipinski definition) is 0. The van der Waals surface area contributed by atoms with E-state index in [1.54, 1.807) is 36.7 Å². The van der Waals surface area contributed by atoms with Crippen molar-refractivity contribution in [2.24, 2.45) is 0 Å². The highest BCUT2D eigenvalue weighted by atomic mass is 19.3. The van der Waals surface area contributed by atoms with Crippen molar-refractivity contribution >= 4 is 5.97 Å². The highest BCUT2D eigenvalue weighted by Crippen LogP contribution is 2.23. The van der Waals surface area contributed by atoms with Crippen LogP contribution in [0, 0.1) is 0 Å². The Balaban J connectivity index is 1.86. The van der Waals surface area contributed by atoms with Gasteiger partial charge in [-0.05, 0) is 24.0 Å². The lowest BCUT2D eigenvalue weighted by molar-refractivity contribution is -0.179. The van der Waals surface area contributed by atoms with Crippen molar-refractivity contribution in [2.45, 2.75) is 38.5 Å². The lowest BCUT2D eigenvalue weighted by atomic mass is 10.1. The number of benzene rings is 1. The molecule has 8 heteroatoms. The van der Waals surface area contributed by atoms with Crippen LogP contribution in [-0.2, 0) is 22.4 Å². The van der Waals surface area contributed by atoms with Gasteiger partial charge in [0, 0.05) is 24.4 Å². The van der Waals surface area contributed by atoms with Crippen LogP contribution in [0.2, 0.25) is 0 Å². The zero-order valence-electron chi connectivity index (χ0n) is 14.1. The number of aromatic nitrogens is 2. The monoisotopic (exact) mass is 370 g/mol. The Morgan fingerprint density at radius 2 is 1.73 bits per heavy atom. The van der Waals surface area contributed by atoms with Crippen molar-refractivity contribution in [1.29, 1.82) is 0 Å². The number of carbonyl (C=O) groups is 1. The molecule has 2 rings (SSSR count). The quantitative estimate of drug-likeness (QED) is 0.519. The number of rotatable bonds is 8. The summed E-state index contributed by atoms with van der Waals surface area (Å²) in [4.78, 5) is 19.9. The van der Waals surface area contributed by atoms with E-state index in [1.165, 1.54) is 0 Å². The number of alkyl halides is 4. The number of nitrogens with zero attached hydrogens (tertiary/aromatic N) is 2. The van der Waals surface area contributed by atoms with E-state index in [2.05, 4.69) is 14.7 Å². The summed E-state index contributed by atoms with van der Waals surface area (Å²) < 4.78 is 53.5. The van der Waals surface area contributed by atoms with E-state index in [0.717, 1.165) is 23.1 Å². The first-order chi connectivity index (χ1) is 12.3. The minimum absolute atomic E-state index is 0.180. The second-order valence-corrected chi connectivity index (χ2v) is 5.69. The third-order valence-corrected chi connectivity index (χ3v) is 3.69. The van der Waals surface area contributed by atoms with E-state index >= 15 is 0 Å². The Bertz CT molecular complexity index is 719. The van der Waals surface area contributed by atoms with Crippen molar-refractivity contribution in [2.75, 3.05) is 6.61 Å². The van der Waals surface area contributed by atoms with Crippen LogP contribution in [0.3, 0.4) is 0 Å². The van der Waals surface area contributed by atoms with Crippen molar-refractivity contribution in [1.82, 2.24) is 9.97 Å². The van der Waals surface area contributed by atoms with Gasteiger partial charge in [-0.15, -0.1) is 0 Å². The summed E-state index contributed by atoms with van der Waals surface area (Å²) in [5.41, 5.74) is 2.60. The molecule has 0 amide bonds. The molecule has 0 saturated carbocycles. The standard InChI is InChI=1S/C18H18F4N2O2/c1-2-12-9-23-16(24-10-12)14-6-3-13(4-7-14)5-8-15(25)26-11-18(21,22)17(19)20/h3-4,6-7,9-10,17H,2,5,8,11H2,1H3. The zero-order valence-corrected chi connectivity index (χ0v) is 14.1. The average Bonchev–Trinajstić information content (AvgIpc) is 2.65. The Hall–Kier alpha value is -2.51. The van der Waals surface area contributed by atoms with Crippen molar-refractivity contribution in [3.05, 3.63) is 47.8 Å². The molecule has 0 fully saturated rings. The van der Waals surface area contributed by atoms with Gasteiger partial charge in [-0.25, -0.2) is 18.7 Å². The van der Waals surface area contributed by atoms with Gasteiger partial charge >= 0.3 is 18.3 Å². The molecule has 0 spiro atoms. The summed E-state index contributed by atoms with van der Waals surface area (Å²) in [5, 5.41) is 0. The van der Waals surface area contributed by atoms with E-state index in [4.69, 9.17) is 0 Å². The summed E-state index contributed by atoms with van der Waals surface area (Å²) >= 11 is 0. The van der Waals surface area contributed by atoms with Crippen LogP contribution in [0.1, 0.15) is 24.5 Å². The average molecular weight is 370 g/mol. The van der Waals surface area contributed by atoms with Crippen molar-refractivity contribution in [3.63, 3.8) is 0 Å². The first-order valence-corrected chi connectivity index (χ1v) is 8.03.